The SMILES string of the molecule is COP(O)(=S)OC.OP(O)(O)=S. The third-order valence-corrected chi connectivity index (χ3v) is 2.28. The summed E-state index contributed by atoms with van der Waals surface area (Å²) in [5.74, 6) is 0. The Hall–Kier alpha value is 1.06. The molecule has 0 atom stereocenters. The molecule has 10 heteroatoms. The van der Waals surface area contributed by atoms with Crippen LogP contribution in [0.3, 0.4) is 0 Å². The molecule has 0 aromatic carbocycles. The van der Waals surface area contributed by atoms with E-state index in [9.17, 15) is 0 Å². The summed E-state index contributed by atoms with van der Waals surface area (Å²) in [4.78, 5) is 31.3. The van der Waals surface area contributed by atoms with Crippen LogP contribution in [0.15, 0.2) is 0 Å². The smallest absolute Gasteiger partial charge is 0.323 e. The Morgan fingerprint density at radius 1 is 0.917 bits per heavy atom. The van der Waals surface area contributed by atoms with Gasteiger partial charge in [0, 0.05) is 14.2 Å². The average molecular weight is 256 g/mol. The van der Waals surface area contributed by atoms with Crippen LogP contribution in [-0.4, -0.2) is 33.8 Å². The molecule has 76 valence electrons. The van der Waals surface area contributed by atoms with Crippen LogP contribution in [0.4, 0.5) is 0 Å². The molecule has 0 aliphatic carbocycles. The van der Waals surface area contributed by atoms with Crippen molar-refractivity contribution in [3.63, 3.8) is 0 Å². The van der Waals surface area contributed by atoms with Gasteiger partial charge in [-0.25, -0.2) is 0 Å². The highest BCUT2D eigenvalue weighted by Crippen LogP contribution is 2.40. The van der Waals surface area contributed by atoms with Crippen LogP contribution in [-0.2, 0) is 32.7 Å². The molecule has 0 amide bonds. The summed E-state index contributed by atoms with van der Waals surface area (Å²) < 4.78 is 8.69. The summed E-state index contributed by atoms with van der Waals surface area (Å²) in [6.45, 7) is -6.63. The van der Waals surface area contributed by atoms with E-state index in [4.69, 9.17) is 19.6 Å². The molecule has 0 saturated heterocycles. The Morgan fingerprint density at radius 2 is 1.08 bits per heavy atom. The lowest BCUT2D eigenvalue weighted by Gasteiger charge is -2.06. The van der Waals surface area contributed by atoms with Crippen molar-refractivity contribution in [1.29, 1.82) is 0 Å². The maximum absolute atomic E-state index is 8.61. The van der Waals surface area contributed by atoms with Crippen molar-refractivity contribution in [2.75, 3.05) is 14.2 Å². The van der Waals surface area contributed by atoms with Crippen LogP contribution >= 0.6 is 13.4 Å². The van der Waals surface area contributed by atoms with E-state index in [0.29, 0.717) is 0 Å². The van der Waals surface area contributed by atoms with Crippen LogP contribution in [0.25, 0.3) is 0 Å². The topological polar surface area (TPSA) is 99.4 Å². The minimum atomic E-state index is -3.81. The maximum atomic E-state index is 8.61. The Balaban J connectivity index is 0. The first-order valence-electron chi connectivity index (χ1n) is 2.35. The van der Waals surface area contributed by atoms with Gasteiger partial charge in [-0.1, -0.05) is 0 Å². The van der Waals surface area contributed by atoms with Crippen LogP contribution in [0, 0.1) is 0 Å². The third-order valence-electron chi connectivity index (χ3n) is 0.461. The van der Waals surface area contributed by atoms with Gasteiger partial charge in [-0.2, -0.15) is 0 Å². The van der Waals surface area contributed by atoms with E-state index in [1.807, 2.05) is 0 Å². The second-order valence-electron chi connectivity index (χ2n) is 1.35. The molecule has 0 saturated carbocycles. The second kappa shape index (κ2) is 6.50. The quantitative estimate of drug-likeness (QED) is 0.499. The molecule has 0 rings (SSSR count). The predicted molar refractivity (Wildman–Crippen MR) is 51.5 cm³/mol. The van der Waals surface area contributed by atoms with Gasteiger partial charge >= 0.3 is 13.4 Å². The highest BCUT2D eigenvalue weighted by Gasteiger charge is 2.06. The Bertz CT molecular complexity index is 183. The van der Waals surface area contributed by atoms with Gasteiger partial charge in [0.1, 0.15) is 0 Å². The van der Waals surface area contributed by atoms with Crippen molar-refractivity contribution in [3.05, 3.63) is 0 Å². The molecule has 0 aromatic heterocycles. The number of hydrogen-bond acceptors (Lipinski definition) is 4. The standard InChI is InChI=1S/C2H7O3PS.H3O3PS/c1-4-6(3,7)5-2;1-4(2,3)5/h1-2H3,(H,3,7);(H3,1,2,3,5). The van der Waals surface area contributed by atoms with Crippen molar-refractivity contribution in [2.45, 2.75) is 0 Å². The summed E-state index contributed by atoms with van der Waals surface area (Å²) in [6, 6.07) is 0. The number of hydrogen-bond donors (Lipinski definition) is 4. The van der Waals surface area contributed by atoms with Crippen molar-refractivity contribution >= 4 is 37.1 Å². The van der Waals surface area contributed by atoms with Gasteiger partial charge in [0.15, 0.2) is 0 Å². The molecule has 0 heterocycles. The van der Waals surface area contributed by atoms with E-state index in [2.05, 4.69) is 32.7 Å². The fourth-order valence-corrected chi connectivity index (χ4v) is 0.224. The first-order chi connectivity index (χ1) is 5.12. The van der Waals surface area contributed by atoms with Gasteiger partial charge in [-0.15, -0.1) is 0 Å². The van der Waals surface area contributed by atoms with E-state index in [0.717, 1.165) is 0 Å². The highest BCUT2D eigenvalue weighted by atomic mass is 32.5. The average Bonchev–Trinajstić information content (AvgIpc) is 1.85. The first-order valence-corrected chi connectivity index (χ1v) is 7.60. The summed E-state index contributed by atoms with van der Waals surface area (Å²) in [5.41, 5.74) is 0. The molecular formula is C2H10O6P2S2. The Morgan fingerprint density at radius 3 is 1.08 bits per heavy atom. The van der Waals surface area contributed by atoms with E-state index < -0.39 is 13.4 Å². The lowest BCUT2D eigenvalue weighted by atomic mass is 11.8. The van der Waals surface area contributed by atoms with Crippen molar-refractivity contribution in [3.8, 4) is 0 Å². The zero-order chi connectivity index (χ0) is 10.4. The summed E-state index contributed by atoms with van der Waals surface area (Å²) in [5, 5.41) is 0. The minimum absolute atomic E-state index is 1.31. The van der Waals surface area contributed by atoms with Crippen molar-refractivity contribution in [2.24, 2.45) is 0 Å². The molecule has 0 aliphatic rings. The van der Waals surface area contributed by atoms with Crippen molar-refractivity contribution in [1.82, 2.24) is 0 Å². The van der Waals surface area contributed by atoms with E-state index in [-0.39, 0.29) is 0 Å². The molecule has 0 spiro atoms. The lowest BCUT2D eigenvalue weighted by molar-refractivity contribution is 0.267. The monoisotopic (exact) mass is 256 g/mol. The molecule has 0 fully saturated rings. The largest absolute Gasteiger partial charge is 0.325 e. The van der Waals surface area contributed by atoms with Gasteiger partial charge in [-0.3, -0.25) is 0 Å². The molecule has 0 bridgehead atoms. The minimum Gasteiger partial charge on any atom is -0.325 e. The first kappa shape index (κ1) is 15.5. The maximum Gasteiger partial charge on any atom is 0.323 e. The zero-order valence-electron chi connectivity index (χ0n) is 6.32. The van der Waals surface area contributed by atoms with Crippen LogP contribution in [0.5, 0.6) is 0 Å². The molecule has 0 aliphatic heterocycles. The van der Waals surface area contributed by atoms with E-state index in [1.165, 1.54) is 14.2 Å². The third kappa shape index (κ3) is 22.5. The van der Waals surface area contributed by atoms with Gasteiger partial charge in [-0.05, 0) is 23.6 Å². The molecule has 12 heavy (non-hydrogen) atoms. The van der Waals surface area contributed by atoms with Crippen molar-refractivity contribution < 1.29 is 28.6 Å². The second-order valence-corrected chi connectivity index (χ2v) is 6.89. The van der Waals surface area contributed by atoms with Gasteiger partial charge < -0.3 is 28.6 Å². The normalized spacial score (nSPS) is 11.8. The molecule has 6 nitrogen and oxygen atoms in total. The Kier molecular flexibility index (Phi) is 8.42. The lowest BCUT2D eigenvalue weighted by Crippen LogP contribution is -1.82. The van der Waals surface area contributed by atoms with E-state index in [1.54, 1.807) is 0 Å². The molecule has 0 unspecified atom stereocenters. The van der Waals surface area contributed by atoms with Crippen LogP contribution in [0.1, 0.15) is 0 Å². The van der Waals surface area contributed by atoms with Gasteiger partial charge in [0.2, 0.25) is 0 Å². The fourth-order valence-electron chi connectivity index (χ4n) is 0.0745. The highest BCUT2D eigenvalue weighted by molar-refractivity contribution is 8.07. The fraction of sp³-hybridized carbons (Fsp3) is 1.00. The summed E-state index contributed by atoms with van der Waals surface area (Å²) in [6.07, 6.45) is 0. The zero-order valence-corrected chi connectivity index (χ0v) is 9.74. The molecule has 0 aromatic rings. The predicted octanol–water partition coefficient (Wildman–Crippen LogP) is -0.316. The Labute approximate surface area is 80.3 Å². The molecule has 4 N–H and O–H groups in total. The molecular weight excluding hydrogens is 246 g/mol. The summed E-state index contributed by atoms with van der Waals surface area (Å²) in [7, 11) is 2.62. The van der Waals surface area contributed by atoms with Crippen LogP contribution < -0.4 is 0 Å². The molecule has 0 radical (unpaired) electrons. The van der Waals surface area contributed by atoms with Gasteiger partial charge in [0.25, 0.3) is 0 Å². The number of rotatable bonds is 2. The van der Waals surface area contributed by atoms with E-state index >= 15 is 0 Å². The van der Waals surface area contributed by atoms with Crippen LogP contribution in [0.2, 0.25) is 0 Å². The van der Waals surface area contributed by atoms with Gasteiger partial charge in [0.05, 0.1) is 0 Å². The summed E-state index contributed by atoms with van der Waals surface area (Å²) >= 11 is 7.97.